The number of pyridine rings is 2. The highest BCUT2D eigenvalue weighted by molar-refractivity contribution is 7.90. The Hall–Kier alpha value is -4.88. The first-order chi connectivity index (χ1) is 18.2. The highest BCUT2D eigenvalue weighted by atomic mass is 32.2. The van der Waals surface area contributed by atoms with E-state index in [4.69, 9.17) is 9.47 Å². The standard InChI is InChI=1S/C28H17F2N3O4S/c1-38(34,35)24-6-4-21(5-7-24)37-27-9-3-18-10-22(11-19(14-31)28(18)33-27)36-23-12-20(15-32-16-23)17-2-8-25(29)26(30)13-17/h2-13,15-16H,1H3. The van der Waals surface area contributed by atoms with Gasteiger partial charge in [-0.25, -0.2) is 22.2 Å². The number of benzene rings is 3. The van der Waals surface area contributed by atoms with Gasteiger partial charge < -0.3 is 9.47 Å². The summed E-state index contributed by atoms with van der Waals surface area (Å²) < 4.78 is 61.9. The van der Waals surface area contributed by atoms with E-state index < -0.39 is 21.5 Å². The Bertz CT molecular complexity index is 1840. The van der Waals surface area contributed by atoms with Gasteiger partial charge in [-0.3, -0.25) is 4.98 Å². The van der Waals surface area contributed by atoms with Crippen LogP contribution in [-0.2, 0) is 9.84 Å². The maximum atomic E-state index is 13.7. The molecule has 0 spiro atoms. The Labute approximate surface area is 216 Å². The minimum atomic E-state index is -3.33. The zero-order valence-corrected chi connectivity index (χ0v) is 20.5. The average Bonchev–Trinajstić information content (AvgIpc) is 2.90. The summed E-state index contributed by atoms with van der Waals surface area (Å²) in [4.78, 5) is 8.72. The molecule has 0 bridgehead atoms. The lowest BCUT2D eigenvalue weighted by Crippen LogP contribution is -1.97. The van der Waals surface area contributed by atoms with Gasteiger partial charge in [0.1, 0.15) is 23.3 Å². The zero-order valence-electron chi connectivity index (χ0n) is 19.7. The molecule has 0 N–H and O–H groups in total. The van der Waals surface area contributed by atoms with E-state index in [0.717, 1.165) is 18.4 Å². The van der Waals surface area contributed by atoms with Gasteiger partial charge in [-0.05, 0) is 60.2 Å². The Morgan fingerprint density at radius 3 is 2.29 bits per heavy atom. The van der Waals surface area contributed by atoms with Crippen molar-refractivity contribution < 1.29 is 26.7 Å². The van der Waals surface area contributed by atoms with E-state index in [-0.39, 0.29) is 16.3 Å². The number of nitrogens with zero attached hydrogens (tertiary/aromatic N) is 3. The van der Waals surface area contributed by atoms with Crippen LogP contribution in [0.4, 0.5) is 8.78 Å². The molecule has 0 radical (unpaired) electrons. The summed E-state index contributed by atoms with van der Waals surface area (Å²) in [7, 11) is -3.33. The molecule has 38 heavy (non-hydrogen) atoms. The van der Waals surface area contributed by atoms with Crippen LogP contribution in [-0.4, -0.2) is 24.6 Å². The monoisotopic (exact) mass is 529 g/mol. The third kappa shape index (κ3) is 5.28. The smallest absolute Gasteiger partial charge is 0.219 e. The fourth-order valence-electron chi connectivity index (χ4n) is 3.71. The van der Waals surface area contributed by atoms with E-state index in [1.807, 2.05) is 0 Å². The Morgan fingerprint density at radius 2 is 1.58 bits per heavy atom. The molecule has 5 rings (SSSR count). The molecular weight excluding hydrogens is 512 g/mol. The fourth-order valence-corrected chi connectivity index (χ4v) is 4.34. The molecule has 188 valence electrons. The van der Waals surface area contributed by atoms with Crippen LogP contribution < -0.4 is 9.47 Å². The van der Waals surface area contributed by atoms with Crippen molar-refractivity contribution >= 4 is 20.7 Å². The van der Waals surface area contributed by atoms with Crippen LogP contribution in [0.3, 0.4) is 0 Å². The molecule has 5 aromatic rings. The highest BCUT2D eigenvalue weighted by Crippen LogP contribution is 2.32. The summed E-state index contributed by atoms with van der Waals surface area (Å²) in [5.41, 5.74) is 1.58. The van der Waals surface area contributed by atoms with Crippen LogP contribution in [0.25, 0.3) is 22.0 Å². The van der Waals surface area contributed by atoms with Gasteiger partial charge in [0.15, 0.2) is 21.5 Å². The third-order valence-corrected chi connectivity index (χ3v) is 6.67. The predicted octanol–water partition coefficient (Wildman–Crippen LogP) is 6.43. The summed E-state index contributed by atoms with van der Waals surface area (Å²) >= 11 is 0. The van der Waals surface area contributed by atoms with Crippen molar-refractivity contribution in [1.82, 2.24) is 9.97 Å². The van der Waals surface area contributed by atoms with Crippen LogP contribution in [0.5, 0.6) is 23.1 Å². The molecule has 0 aliphatic rings. The molecule has 2 heterocycles. The van der Waals surface area contributed by atoms with Gasteiger partial charge in [-0.15, -0.1) is 0 Å². The second kappa shape index (κ2) is 9.88. The molecule has 0 atom stereocenters. The van der Waals surface area contributed by atoms with E-state index in [0.29, 0.717) is 39.3 Å². The number of ether oxygens (including phenoxy) is 2. The maximum absolute atomic E-state index is 13.7. The normalized spacial score (nSPS) is 11.2. The van der Waals surface area contributed by atoms with Crippen LogP contribution in [0, 0.1) is 23.0 Å². The molecule has 0 saturated carbocycles. The molecular formula is C28H17F2N3O4S. The molecule has 0 amide bonds. The number of rotatable bonds is 6. The van der Waals surface area contributed by atoms with Crippen LogP contribution in [0.1, 0.15) is 5.56 Å². The van der Waals surface area contributed by atoms with Gasteiger partial charge in [-0.2, -0.15) is 5.26 Å². The number of halogens is 2. The average molecular weight is 530 g/mol. The van der Waals surface area contributed by atoms with Crippen molar-refractivity contribution in [3.05, 3.63) is 102 Å². The molecule has 7 nitrogen and oxygen atoms in total. The van der Waals surface area contributed by atoms with Crippen LogP contribution in [0.2, 0.25) is 0 Å². The number of sulfone groups is 1. The number of nitriles is 1. The quantitative estimate of drug-likeness (QED) is 0.250. The lowest BCUT2D eigenvalue weighted by atomic mass is 10.1. The molecule has 3 aromatic carbocycles. The summed E-state index contributed by atoms with van der Waals surface area (Å²) in [6, 6.07) is 19.7. The SMILES string of the molecule is CS(=O)(=O)c1ccc(Oc2ccc3cc(Oc4cncc(-c5ccc(F)c(F)c5)c4)cc(C#N)c3n2)cc1. The summed E-state index contributed by atoms with van der Waals surface area (Å²) in [6.07, 6.45) is 4.08. The number of fused-ring (bicyclic) bond motifs is 1. The fraction of sp³-hybridized carbons (Fsp3) is 0.0357. The molecule has 0 aliphatic heterocycles. The minimum Gasteiger partial charge on any atom is -0.456 e. The van der Waals surface area contributed by atoms with Crippen molar-refractivity contribution in [3.63, 3.8) is 0 Å². The minimum absolute atomic E-state index is 0.168. The third-order valence-electron chi connectivity index (χ3n) is 5.54. The van der Waals surface area contributed by atoms with Crippen molar-refractivity contribution in [3.8, 4) is 40.3 Å². The van der Waals surface area contributed by atoms with Gasteiger partial charge in [0.05, 0.1) is 22.2 Å². The van der Waals surface area contributed by atoms with E-state index in [9.17, 15) is 22.5 Å². The van der Waals surface area contributed by atoms with Crippen molar-refractivity contribution in [2.75, 3.05) is 6.26 Å². The summed E-state index contributed by atoms with van der Waals surface area (Å²) in [6.45, 7) is 0. The van der Waals surface area contributed by atoms with Crippen molar-refractivity contribution in [1.29, 1.82) is 5.26 Å². The number of hydrogen-bond acceptors (Lipinski definition) is 7. The molecule has 0 saturated heterocycles. The zero-order chi connectivity index (χ0) is 26.9. The Balaban J connectivity index is 1.41. The molecule has 0 unspecified atom stereocenters. The number of aromatic nitrogens is 2. The molecule has 0 aliphatic carbocycles. The lowest BCUT2D eigenvalue weighted by molar-refractivity contribution is 0.464. The highest BCUT2D eigenvalue weighted by Gasteiger charge is 2.12. The first kappa shape index (κ1) is 24.8. The van der Waals surface area contributed by atoms with Crippen LogP contribution >= 0.6 is 0 Å². The van der Waals surface area contributed by atoms with Crippen LogP contribution in [0.15, 0.2) is 90.1 Å². The molecule has 0 fully saturated rings. The van der Waals surface area contributed by atoms with Gasteiger partial charge in [-0.1, -0.05) is 6.07 Å². The van der Waals surface area contributed by atoms with E-state index in [2.05, 4.69) is 16.0 Å². The van der Waals surface area contributed by atoms with Crippen molar-refractivity contribution in [2.24, 2.45) is 0 Å². The predicted molar refractivity (Wildman–Crippen MR) is 136 cm³/mol. The van der Waals surface area contributed by atoms with Gasteiger partial charge in [0.25, 0.3) is 0 Å². The second-order valence-electron chi connectivity index (χ2n) is 8.29. The Morgan fingerprint density at radius 1 is 0.789 bits per heavy atom. The second-order valence-corrected chi connectivity index (χ2v) is 10.3. The Kier molecular flexibility index (Phi) is 6.45. The van der Waals surface area contributed by atoms with Gasteiger partial charge in [0.2, 0.25) is 5.88 Å². The lowest BCUT2D eigenvalue weighted by Gasteiger charge is -2.11. The number of hydrogen-bond donors (Lipinski definition) is 0. The summed E-state index contributed by atoms with van der Waals surface area (Å²) in [5.74, 6) is -0.620. The first-order valence-electron chi connectivity index (χ1n) is 11.1. The largest absolute Gasteiger partial charge is 0.456 e. The van der Waals surface area contributed by atoms with E-state index in [1.165, 1.54) is 48.8 Å². The summed E-state index contributed by atoms with van der Waals surface area (Å²) in [5, 5.41) is 10.3. The van der Waals surface area contributed by atoms with Gasteiger partial charge >= 0.3 is 0 Å². The topological polar surface area (TPSA) is 102 Å². The van der Waals surface area contributed by atoms with Crippen molar-refractivity contribution in [2.45, 2.75) is 4.90 Å². The first-order valence-corrected chi connectivity index (χ1v) is 13.0. The maximum Gasteiger partial charge on any atom is 0.219 e. The molecule has 2 aromatic heterocycles. The van der Waals surface area contributed by atoms with Gasteiger partial charge in [0, 0.05) is 35.5 Å². The van der Waals surface area contributed by atoms with E-state index >= 15 is 0 Å². The van der Waals surface area contributed by atoms with E-state index in [1.54, 1.807) is 24.3 Å². The molecule has 10 heteroatoms.